The van der Waals surface area contributed by atoms with Gasteiger partial charge in [-0.2, -0.15) is 0 Å². The summed E-state index contributed by atoms with van der Waals surface area (Å²) in [5, 5.41) is 3.31. The molecule has 0 aliphatic rings. The van der Waals surface area contributed by atoms with Gasteiger partial charge in [0.2, 0.25) is 10.0 Å². The molecule has 3 rings (SSSR count). The predicted molar refractivity (Wildman–Crippen MR) is 120 cm³/mol. The Kier molecular flexibility index (Phi) is 6.82. The molecule has 0 aliphatic heterocycles. The third-order valence-electron chi connectivity index (χ3n) is 4.47. The van der Waals surface area contributed by atoms with Crippen molar-refractivity contribution < 1.29 is 22.3 Å². The van der Waals surface area contributed by atoms with Crippen LogP contribution in [0.3, 0.4) is 0 Å². The molecule has 31 heavy (non-hydrogen) atoms. The number of sulfonamides is 1. The number of nitrogens with one attached hydrogen (secondary N) is 1. The van der Waals surface area contributed by atoms with Crippen LogP contribution in [0.25, 0.3) is 0 Å². The van der Waals surface area contributed by atoms with E-state index in [2.05, 4.69) is 5.32 Å². The molecule has 0 saturated heterocycles. The minimum atomic E-state index is -3.70. The quantitative estimate of drug-likeness (QED) is 0.552. The Balaban J connectivity index is 1.92. The second kappa shape index (κ2) is 9.36. The minimum Gasteiger partial charge on any atom is -0.496 e. The van der Waals surface area contributed by atoms with Gasteiger partial charge >= 0.3 is 0 Å². The molecule has 0 radical (unpaired) electrons. The Morgan fingerprint density at radius 2 is 1.71 bits per heavy atom. The van der Waals surface area contributed by atoms with E-state index in [4.69, 9.17) is 16.3 Å². The molecule has 3 aromatic carbocycles. The molecule has 6 nitrogen and oxygen atoms in total. The van der Waals surface area contributed by atoms with Crippen LogP contribution in [0.15, 0.2) is 66.7 Å². The van der Waals surface area contributed by atoms with Crippen molar-refractivity contribution in [3.05, 3.63) is 88.7 Å². The Morgan fingerprint density at radius 1 is 1.06 bits per heavy atom. The maximum absolute atomic E-state index is 13.3. The highest BCUT2D eigenvalue weighted by Gasteiger charge is 2.21. The highest BCUT2D eigenvalue weighted by atomic mass is 35.5. The van der Waals surface area contributed by atoms with Gasteiger partial charge in [-0.05, 0) is 66.7 Å². The lowest BCUT2D eigenvalue weighted by Crippen LogP contribution is -2.29. The van der Waals surface area contributed by atoms with Gasteiger partial charge in [0.1, 0.15) is 11.6 Å². The number of carbonyl (C=O) groups is 1. The zero-order chi connectivity index (χ0) is 22.6. The molecule has 0 aliphatic carbocycles. The number of halogens is 2. The number of anilines is 2. The van der Waals surface area contributed by atoms with Gasteiger partial charge in [-0.15, -0.1) is 0 Å². The fraction of sp³-hybridized carbons (Fsp3) is 0.136. The van der Waals surface area contributed by atoms with Crippen LogP contribution in [0.5, 0.6) is 5.75 Å². The Morgan fingerprint density at radius 3 is 2.29 bits per heavy atom. The molecule has 0 unspecified atom stereocenters. The molecule has 0 saturated carbocycles. The van der Waals surface area contributed by atoms with Crippen molar-refractivity contribution in [3.63, 3.8) is 0 Å². The lowest BCUT2D eigenvalue weighted by molar-refractivity contribution is 0.102. The first-order valence-corrected chi connectivity index (χ1v) is 11.4. The summed E-state index contributed by atoms with van der Waals surface area (Å²) in [7, 11) is -2.24. The van der Waals surface area contributed by atoms with E-state index < -0.39 is 15.8 Å². The van der Waals surface area contributed by atoms with E-state index in [1.165, 1.54) is 31.4 Å². The van der Waals surface area contributed by atoms with Crippen LogP contribution >= 0.6 is 11.6 Å². The van der Waals surface area contributed by atoms with Crippen LogP contribution < -0.4 is 14.4 Å². The summed E-state index contributed by atoms with van der Waals surface area (Å²) < 4.78 is 44.6. The summed E-state index contributed by atoms with van der Waals surface area (Å²) in [6, 6.07) is 16.5. The number of nitrogens with zero attached hydrogens (tertiary/aromatic N) is 1. The number of rotatable bonds is 7. The summed E-state index contributed by atoms with van der Waals surface area (Å²) in [6.45, 7) is -0.101. The molecule has 1 N–H and O–H groups in total. The van der Waals surface area contributed by atoms with Crippen LogP contribution in [0.1, 0.15) is 15.9 Å². The van der Waals surface area contributed by atoms with Gasteiger partial charge in [0, 0.05) is 21.8 Å². The summed E-state index contributed by atoms with van der Waals surface area (Å²) in [4.78, 5) is 12.7. The van der Waals surface area contributed by atoms with Crippen molar-refractivity contribution in [2.24, 2.45) is 0 Å². The fourth-order valence-electron chi connectivity index (χ4n) is 2.94. The first kappa shape index (κ1) is 22.6. The van der Waals surface area contributed by atoms with Crippen LogP contribution in [-0.4, -0.2) is 27.7 Å². The predicted octanol–water partition coefficient (Wildman–Crippen LogP) is 4.71. The molecule has 0 atom stereocenters. The first-order valence-electron chi connectivity index (χ1n) is 9.14. The van der Waals surface area contributed by atoms with Crippen molar-refractivity contribution in [3.8, 4) is 5.75 Å². The largest absolute Gasteiger partial charge is 0.496 e. The SMILES string of the molecule is COc1ccc(C(=O)Nc2ccc(Cl)cc2)cc1CN(c1ccc(F)cc1)S(C)(=O)=O. The Hall–Kier alpha value is -3.10. The van der Waals surface area contributed by atoms with Crippen LogP contribution in [-0.2, 0) is 16.6 Å². The van der Waals surface area contributed by atoms with E-state index >= 15 is 0 Å². The molecule has 0 heterocycles. The van der Waals surface area contributed by atoms with Gasteiger partial charge in [-0.1, -0.05) is 11.6 Å². The molecular weight excluding hydrogens is 443 g/mol. The highest BCUT2D eigenvalue weighted by molar-refractivity contribution is 7.92. The zero-order valence-corrected chi connectivity index (χ0v) is 18.4. The molecule has 162 valence electrons. The van der Waals surface area contributed by atoms with Gasteiger partial charge in [-0.25, -0.2) is 12.8 Å². The van der Waals surface area contributed by atoms with Gasteiger partial charge in [-0.3, -0.25) is 9.10 Å². The van der Waals surface area contributed by atoms with Crippen molar-refractivity contribution in [2.75, 3.05) is 23.0 Å². The highest BCUT2D eigenvalue weighted by Crippen LogP contribution is 2.27. The first-order chi connectivity index (χ1) is 14.7. The number of ether oxygens (including phenoxy) is 1. The number of methoxy groups -OCH3 is 1. The standard InChI is InChI=1S/C22H20ClFN2O4S/c1-30-21-12-3-15(22(27)25-19-8-4-17(23)5-9-19)13-16(21)14-26(31(2,28)29)20-10-6-18(24)7-11-20/h3-13H,14H2,1-2H3,(H,25,27). The number of benzene rings is 3. The maximum atomic E-state index is 13.3. The topological polar surface area (TPSA) is 75.7 Å². The number of carbonyl (C=O) groups excluding carboxylic acids is 1. The van der Waals surface area contributed by atoms with Gasteiger partial charge in [0.05, 0.1) is 25.6 Å². The molecule has 0 aromatic heterocycles. The monoisotopic (exact) mass is 462 g/mol. The van der Waals surface area contributed by atoms with E-state index in [9.17, 15) is 17.6 Å². The van der Waals surface area contributed by atoms with Crippen LogP contribution in [0.4, 0.5) is 15.8 Å². The van der Waals surface area contributed by atoms with Crippen molar-refractivity contribution in [1.29, 1.82) is 0 Å². The summed E-state index contributed by atoms with van der Waals surface area (Å²) in [6.07, 6.45) is 1.06. The summed E-state index contributed by atoms with van der Waals surface area (Å²) >= 11 is 5.86. The fourth-order valence-corrected chi connectivity index (χ4v) is 3.95. The lowest BCUT2D eigenvalue weighted by atomic mass is 10.1. The van der Waals surface area contributed by atoms with Crippen LogP contribution in [0, 0.1) is 5.82 Å². The van der Waals surface area contributed by atoms with Crippen LogP contribution in [0.2, 0.25) is 5.02 Å². The minimum absolute atomic E-state index is 0.101. The number of amides is 1. The van der Waals surface area contributed by atoms with E-state index in [0.717, 1.165) is 10.6 Å². The van der Waals surface area contributed by atoms with Gasteiger partial charge in [0.25, 0.3) is 5.91 Å². The van der Waals surface area contributed by atoms with E-state index in [1.54, 1.807) is 42.5 Å². The maximum Gasteiger partial charge on any atom is 0.255 e. The molecule has 0 fully saturated rings. The van der Waals surface area contributed by atoms with Crippen molar-refractivity contribution in [1.82, 2.24) is 0 Å². The molecule has 0 bridgehead atoms. The third kappa shape index (κ3) is 5.74. The average molecular weight is 463 g/mol. The number of hydrogen-bond donors (Lipinski definition) is 1. The van der Waals surface area contributed by atoms with Crippen molar-refractivity contribution in [2.45, 2.75) is 6.54 Å². The summed E-state index contributed by atoms with van der Waals surface area (Å²) in [5.74, 6) is -0.437. The van der Waals surface area contributed by atoms with Crippen molar-refractivity contribution >= 4 is 38.9 Å². The third-order valence-corrected chi connectivity index (χ3v) is 5.87. The molecular formula is C22H20ClFN2O4S. The molecule has 1 amide bonds. The molecule has 3 aromatic rings. The Bertz CT molecular complexity index is 1180. The number of hydrogen-bond acceptors (Lipinski definition) is 4. The second-order valence-corrected chi connectivity index (χ2v) is 9.08. The van der Waals surface area contributed by atoms with E-state index in [1.807, 2.05) is 0 Å². The normalized spacial score (nSPS) is 11.1. The Labute approximate surface area is 185 Å². The summed E-state index contributed by atoms with van der Waals surface area (Å²) in [5.41, 5.74) is 1.65. The second-order valence-electron chi connectivity index (χ2n) is 6.73. The van der Waals surface area contributed by atoms with E-state index in [0.29, 0.717) is 33.3 Å². The van der Waals surface area contributed by atoms with Gasteiger partial charge < -0.3 is 10.1 Å². The van der Waals surface area contributed by atoms with E-state index in [-0.39, 0.29) is 12.5 Å². The molecule has 0 spiro atoms. The molecule has 9 heteroatoms. The smallest absolute Gasteiger partial charge is 0.255 e. The van der Waals surface area contributed by atoms with Gasteiger partial charge in [0.15, 0.2) is 0 Å². The zero-order valence-electron chi connectivity index (χ0n) is 16.8. The lowest BCUT2D eigenvalue weighted by Gasteiger charge is -2.24. The average Bonchev–Trinajstić information content (AvgIpc) is 2.73.